The number of fused-ring (bicyclic) bond motifs is 1. The highest BCUT2D eigenvalue weighted by atomic mass is 32.2. The van der Waals surface area contributed by atoms with Crippen LogP contribution in [-0.2, 0) is 19.1 Å². The zero-order valence-electron chi connectivity index (χ0n) is 13.9. The summed E-state index contributed by atoms with van der Waals surface area (Å²) in [4.78, 5) is 40.6. The van der Waals surface area contributed by atoms with Crippen molar-refractivity contribution in [1.82, 2.24) is 4.90 Å². The molecule has 0 N–H and O–H groups in total. The Morgan fingerprint density at radius 2 is 1.96 bits per heavy atom. The minimum Gasteiger partial charge on any atom is -0.467 e. The van der Waals surface area contributed by atoms with Crippen molar-refractivity contribution in [3.05, 3.63) is 34.7 Å². The summed E-state index contributed by atoms with van der Waals surface area (Å²) in [6.45, 7) is 3.92. The summed E-state index contributed by atoms with van der Waals surface area (Å²) in [7, 11) is 1.25. The molecule has 0 bridgehead atoms. The van der Waals surface area contributed by atoms with Crippen molar-refractivity contribution in [1.29, 1.82) is 0 Å². The average Bonchev–Trinajstić information content (AvgIpc) is 3.05. The van der Waals surface area contributed by atoms with Crippen molar-refractivity contribution in [2.24, 2.45) is 0 Å². The van der Waals surface area contributed by atoms with Gasteiger partial charge in [-0.1, -0.05) is 42.2 Å². The third-order valence-electron chi connectivity index (χ3n) is 4.20. The summed E-state index contributed by atoms with van der Waals surface area (Å²) < 4.78 is 4.94. The molecule has 1 saturated heterocycles. The molecule has 1 atom stereocenters. The van der Waals surface area contributed by atoms with E-state index in [0.717, 1.165) is 17.4 Å². The predicted molar refractivity (Wildman–Crippen MR) is 99.9 cm³/mol. The number of esters is 1. The Balaban J connectivity index is 2.10. The van der Waals surface area contributed by atoms with Crippen LogP contribution in [0.1, 0.15) is 19.4 Å². The van der Waals surface area contributed by atoms with Gasteiger partial charge in [-0.2, -0.15) is 0 Å². The van der Waals surface area contributed by atoms with Gasteiger partial charge < -0.3 is 9.64 Å². The number of thiocarbonyl (C=S) groups is 1. The first-order valence-electron chi connectivity index (χ1n) is 7.71. The van der Waals surface area contributed by atoms with E-state index in [1.807, 2.05) is 31.2 Å². The molecular weight excluding hydrogens is 360 g/mol. The van der Waals surface area contributed by atoms with Crippen LogP contribution in [0.5, 0.6) is 0 Å². The summed E-state index contributed by atoms with van der Waals surface area (Å²) in [5.74, 6) is -1.23. The van der Waals surface area contributed by atoms with E-state index in [4.69, 9.17) is 17.0 Å². The van der Waals surface area contributed by atoms with E-state index in [-0.39, 0.29) is 15.1 Å². The highest BCUT2D eigenvalue weighted by molar-refractivity contribution is 8.26. The Bertz CT molecular complexity index is 834. The van der Waals surface area contributed by atoms with E-state index in [1.165, 1.54) is 12.0 Å². The first-order valence-corrected chi connectivity index (χ1v) is 8.93. The number of hydrogen-bond acceptors (Lipinski definition) is 6. The molecule has 2 heterocycles. The monoisotopic (exact) mass is 376 g/mol. The van der Waals surface area contributed by atoms with Crippen LogP contribution < -0.4 is 4.90 Å². The Hall–Kier alpha value is -2.19. The van der Waals surface area contributed by atoms with Crippen LogP contribution in [0.25, 0.3) is 5.57 Å². The summed E-state index contributed by atoms with van der Waals surface area (Å²) >= 11 is 6.32. The summed E-state index contributed by atoms with van der Waals surface area (Å²) in [5, 5.41) is 0. The average molecular weight is 376 g/mol. The van der Waals surface area contributed by atoms with Crippen molar-refractivity contribution in [2.45, 2.75) is 19.9 Å². The number of ether oxygens (including phenoxy) is 1. The van der Waals surface area contributed by atoms with Crippen LogP contribution in [0.3, 0.4) is 0 Å². The number of amides is 2. The molecule has 130 valence electrons. The maximum atomic E-state index is 12.9. The van der Waals surface area contributed by atoms with Crippen molar-refractivity contribution < 1.29 is 19.1 Å². The van der Waals surface area contributed by atoms with Crippen LogP contribution in [-0.4, -0.2) is 46.7 Å². The zero-order chi connectivity index (χ0) is 18.3. The van der Waals surface area contributed by atoms with Crippen molar-refractivity contribution >= 4 is 57.3 Å². The molecule has 0 saturated carbocycles. The van der Waals surface area contributed by atoms with Crippen LogP contribution in [0.2, 0.25) is 0 Å². The topological polar surface area (TPSA) is 66.9 Å². The van der Waals surface area contributed by atoms with Crippen LogP contribution in [0.15, 0.2) is 29.2 Å². The van der Waals surface area contributed by atoms with Gasteiger partial charge in [0.05, 0.1) is 23.3 Å². The molecule has 0 unspecified atom stereocenters. The number of anilines is 1. The van der Waals surface area contributed by atoms with Crippen molar-refractivity contribution in [3.8, 4) is 0 Å². The second-order valence-corrected chi connectivity index (χ2v) is 7.16. The van der Waals surface area contributed by atoms with Gasteiger partial charge >= 0.3 is 5.97 Å². The number of carbonyl (C=O) groups excluding carboxylic acids is 3. The summed E-state index contributed by atoms with van der Waals surface area (Å²) in [6.07, 6.45) is 0. The third kappa shape index (κ3) is 2.65. The fourth-order valence-corrected chi connectivity index (χ4v) is 4.44. The molecule has 3 rings (SSSR count). The Kier molecular flexibility index (Phi) is 4.66. The Labute approximate surface area is 154 Å². The number of para-hydroxylation sites is 1. The van der Waals surface area contributed by atoms with Crippen LogP contribution in [0.4, 0.5) is 5.69 Å². The lowest BCUT2D eigenvalue weighted by molar-refractivity contribution is -0.147. The third-order valence-corrected chi connectivity index (χ3v) is 5.60. The number of thioether (sulfide) groups is 1. The second-order valence-electron chi connectivity index (χ2n) is 5.51. The molecule has 0 spiro atoms. The first kappa shape index (κ1) is 17.6. The minimum atomic E-state index is -0.843. The molecule has 1 aromatic rings. The number of rotatable bonds is 3. The van der Waals surface area contributed by atoms with Gasteiger partial charge in [0.1, 0.15) is 10.4 Å². The highest BCUT2D eigenvalue weighted by Gasteiger charge is 2.44. The van der Waals surface area contributed by atoms with E-state index >= 15 is 0 Å². The molecule has 25 heavy (non-hydrogen) atoms. The van der Waals surface area contributed by atoms with Crippen molar-refractivity contribution in [3.63, 3.8) is 0 Å². The van der Waals surface area contributed by atoms with Gasteiger partial charge in [-0.25, -0.2) is 4.79 Å². The first-order chi connectivity index (χ1) is 11.9. The molecule has 6 nitrogen and oxygen atoms in total. The van der Waals surface area contributed by atoms with Gasteiger partial charge in [-0.3, -0.25) is 14.5 Å². The van der Waals surface area contributed by atoms with E-state index < -0.39 is 17.9 Å². The lowest BCUT2D eigenvalue weighted by atomic mass is 10.1. The van der Waals surface area contributed by atoms with Crippen LogP contribution in [0, 0.1) is 0 Å². The molecule has 8 heteroatoms. The minimum absolute atomic E-state index is 0.227. The van der Waals surface area contributed by atoms with E-state index in [0.29, 0.717) is 17.7 Å². The predicted octanol–water partition coefficient (Wildman–Crippen LogP) is 2.19. The van der Waals surface area contributed by atoms with Gasteiger partial charge in [0.25, 0.3) is 11.8 Å². The van der Waals surface area contributed by atoms with E-state index in [9.17, 15) is 14.4 Å². The van der Waals surface area contributed by atoms with Gasteiger partial charge in [0.15, 0.2) is 0 Å². The second kappa shape index (κ2) is 6.61. The summed E-state index contributed by atoms with van der Waals surface area (Å²) in [5.41, 5.74) is 1.83. The molecule has 0 aliphatic carbocycles. The number of nitrogens with zero attached hydrogens (tertiary/aromatic N) is 2. The maximum Gasteiger partial charge on any atom is 0.328 e. The molecule has 2 aliphatic rings. The van der Waals surface area contributed by atoms with Gasteiger partial charge in [0, 0.05) is 12.1 Å². The standard InChI is InChI=1S/C17H16N2O4S2/c1-4-18-11-8-6-5-7-10(11)12(14(18)20)13-15(21)19(17(24)25-13)9(2)16(22)23-3/h5-9H,4H2,1-3H3/b13-12-/t9-/m0/s1. The molecule has 0 radical (unpaired) electrons. The molecule has 0 aromatic heterocycles. The van der Waals surface area contributed by atoms with E-state index in [1.54, 1.807) is 11.8 Å². The van der Waals surface area contributed by atoms with E-state index in [2.05, 4.69) is 0 Å². The Morgan fingerprint density at radius 3 is 2.60 bits per heavy atom. The zero-order valence-corrected chi connectivity index (χ0v) is 15.6. The molecular formula is C17H16N2O4S2. The number of methoxy groups -OCH3 is 1. The largest absolute Gasteiger partial charge is 0.467 e. The van der Waals surface area contributed by atoms with Gasteiger partial charge in [-0.05, 0) is 19.9 Å². The molecule has 2 aliphatic heterocycles. The SMILES string of the molecule is CCN1C(=O)/C(=C2\SC(=S)N([C@@H](C)C(=O)OC)C2=O)c2ccccc21. The number of carbonyl (C=O) groups is 3. The van der Waals surface area contributed by atoms with Gasteiger partial charge in [-0.15, -0.1) is 0 Å². The van der Waals surface area contributed by atoms with Crippen LogP contribution >= 0.6 is 24.0 Å². The fourth-order valence-electron chi connectivity index (χ4n) is 2.95. The quantitative estimate of drug-likeness (QED) is 0.458. The molecule has 1 aromatic carbocycles. The normalized spacial score (nSPS) is 21.0. The molecule has 2 amide bonds. The summed E-state index contributed by atoms with van der Waals surface area (Å²) in [6, 6.07) is 6.49. The Morgan fingerprint density at radius 1 is 1.28 bits per heavy atom. The lowest BCUT2D eigenvalue weighted by Gasteiger charge is -2.20. The number of likely N-dealkylation sites (N-methyl/N-ethyl adjacent to an activating group) is 1. The number of benzene rings is 1. The fraction of sp³-hybridized carbons (Fsp3) is 0.294. The lowest BCUT2D eigenvalue weighted by Crippen LogP contribution is -2.42. The molecule has 1 fully saturated rings. The smallest absolute Gasteiger partial charge is 0.328 e. The highest BCUT2D eigenvalue weighted by Crippen LogP contribution is 2.44. The van der Waals surface area contributed by atoms with Crippen molar-refractivity contribution in [2.75, 3.05) is 18.6 Å². The maximum absolute atomic E-state index is 12.9. The number of hydrogen-bond donors (Lipinski definition) is 0. The van der Waals surface area contributed by atoms with Gasteiger partial charge in [0.2, 0.25) is 0 Å².